The lowest BCUT2D eigenvalue weighted by Crippen LogP contribution is -2.19. The third-order valence-corrected chi connectivity index (χ3v) is 3.01. The fourth-order valence-electron chi connectivity index (χ4n) is 2.22. The van der Waals surface area contributed by atoms with Gasteiger partial charge in [-0.25, -0.2) is 0 Å². The summed E-state index contributed by atoms with van der Waals surface area (Å²) in [5.41, 5.74) is 2.95. The van der Waals surface area contributed by atoms with Gasteiger partial charge in [-0.2, -0.15) is 0 Å². The van der Waals surface area contributed by atoms with Gasteiger partial charge >= 0.3 is 0 Å². The first-order chi connectivity index (χ1) is 6.79. The molecule has 0 unspecified atom stereocenters. The molecule has 0 aliphatic carbocycles. The molecule has 0 N–H and O–H groups in total. The van der Waals surface area contributed by atoms with Gasteiger partial charge in [0.05, 0.1) is 0 Å². The lowest BCUT2D eigenvalue weighted by Gasteiger charge is -2.22. The summed E-state index contributed by atoms with van der Waals surface area (Å²) < 4.78 is 0. The molecule has 0 atom stereocenters. The first kappa shape index (κ1) is 9.57. The quantitative estimate of drug-likeness (QED) is 0.689. The van der Waals surface area contributed by atoms with Crippen LogP contribution in [0, 0.1) is 0 Å². The number of hydrogen-bond acceptors (Lipinski definition) is 1. The Bertz CT molecular complexity index is 298. The zero-order chi connectivity index (χ0) is 9.97. The molecular weight excluding hydrogens is 170 g/mol. The summed E-state index contributed by atoms with van der Waals surface area (Å²) in [5.74, 6) is 0.631. The molecular formula is C13H19N. The Morgan fingerprint density at radius 2 is 1.71 bits per heavy atom. The van der Waals surface area contributed by atoms with E-state index >= 15 is 0 Å². The number of anilines is 1. The maximum Gasteiger partial charge on any atom is 0.0401 e. The van der Waals surface area contributed by atoms with Crippen LogP contribution >= 0.6 is 0 Å². The number of para-hydroxylation sites is 1. The minimum Gasteiger partial charge on any atom is -0.371 e. The van der Waals surface area contributed by atoms with Gasteiger partial charge in [-0.15, -0.1) is 0 Å². The molecule has 2 rings (SSSR count). The third-order valence-electron chi connectivity index (χ3n) is 3.01. The van der Waals surface area contributed by atoms with Crippen LogP contribution in [0.1, 0.15) is 38.2 Å². The zero-order valence-electron chi connectivity index (χ0n) is 9.16. The minimum absolute atomic E-state index is 0.631. The van der Waals surface area contributed by atoms with Crippen molar-refractivity contribution in [1.29, 1.82) is 0 Å². The van der Waals surface area contributed by atoms with Crippen molar-refractivity contribution in [3.05, 3.63) is 29.8 Å². The van der Waals surface area contributed by atoms with Crippen LogP contribution in [-0.2, 0) is 0 Å². The molecule has 1 nitrogen and oxygen atoms in total. The third kappa shape index (κ3) is 1.77. The van der Waals surface area contributed by atoms with E-state index in [1.807, 2.05) is 0 Å². The highest BCUT2D eigenvalue weighted by Crippen LogP contribution is 2.29. The minimum atomic E-state index is 0.631. The molecule has 0 aromatic heterocycles. The molecule has 1 aliphatic heterocycles. The van der Waals surface area contributed by atoms with Gasteiger partial charge in [0.2, 0.25) is 0 Å². The van der Waals surface area contributed by atoms with Gasteiger partial charge in [-0.05, 0) is 30.4 Å². The lowest BCUT2D eigenvalue weighted by atomic mass is 10.0. The van der Waals surface area contributed by atoms with Crippen molar-refractivity contribution in [3.63, 3.8) is 0 Å². The van der Waals surface area contributed by atoms with E-state index in [9.17, 15) is 0 Å². The van der Waals surface area contributed by atoms with Crippen LogP contribution in [-0.4, -0.2) is 13.1 Å². The molecule has 1 aliphatic rings. The maximum absolute atomic E-state index is 2.52. The molecule has 0 amide bonds. The molecule has 1 fully saturated rings. The van der Waals surface area contributed by atoms with Crippen molar-refractivity contribution in [2.24, 2.45) is 0 Å². The SMILES string of the molecule is CC(C)c1ccccc1N1CCCC1. The van der Waals surface area contributed by atoms with Crippen molar-refractivity contribution in [2.75, 3.05) is 18.0 Å². The second-order valence-electron chi connectivity index (χ2n) is 4.41. The lowest BCUT2D eigenvalue weighted by molar-refractivity contribution is 0.845. The number of rotatable bonds is 2. The molecule has 14 heavy (non-hydrogen) atoms. The topological polar surface area (TPSA) is 3.24 Å². The zero-order valence-corrected chi connectivity index (χ0v) is 9.16. The Balaban J connectivity index is 2.30. The molecule has 1 aromatic rings. The van der Waals surface area contributed by atoms with Crippen LogP contribution in [0.25, 0.3) is 0 Å². The molecule has 0 bridgehead atoms. The monoisotopic (exact) mass is 189 g/mol. The molecule has 76 valence electrons. The summed E-state index contributed by atoms with van der Waals surface area (Å²) in [4.78, 5) is 2.52. The molecule has 1 saturated heterocycles. The van der Waals surface area contributed by atoms with E-state index in [1.165, 1.54) is 37.2 Å². The van der Waals surface area contributed by atoms with E-state index in [2.05, 4.69) is 43.0 Å². The van der Waals surface area contributed by atoms with Crippen molar-refractivity contribution in [3.8, 4) is 0 Å². The predicted molar refractivity (Wildman–Crippen MR) is 62.0 cm³/mol. The van der Waals surface area contributed by atoms with E-state index in [-0.39, 0.29) is 0 Å². The summed E-state index contributed by atoms with van der Waals surface area (Å²) in [6.07, 6.45) is 2.71. The van der Waals surface area contributed by atoms with Crippen molar-refractivity contribution >= 4 is 5.69 Å². The molecule has 0 radical (unpaired) electrons. The number of benzene rings is 1. The largest absolute Gasteiger partial charge is 0.371 e. The van der Waals surface area contributed by atoms with Crippen LogP contribution in [0.2, 0.25) is 0 Å². The average molecular weight is 189 g/mol. The van der Waals surface area contributed by atoms with Gasteiger partial charge in [0.1, 0.15) is 0 Å². The predicted octanol–water partition coefficient (Wildman–Crippen LogP) is 3.41. The fraction of sp³-hybridized carbons (Fsp3) is 0.538. The highest BCUT2D eigenvalue weighted by Gasteiger charge is 2.16. The molecule has 1 aromatic carbocycles. The van der Waals surface area contributed by atoms with Gasteiger partial charge in [-0.1, -0.05) is 32.0 Å². The second kappa shape index (κ2) is 4.04. The first-order valence-corrected chi connectivity index (χ1v) is 5.63. The first-order valence-electron chi connectivity index (χ1n) is 5.63. The van der Waals surface area contributed by atoms with E-state index in [0.29, 0.717) is 5.92 Å². The average Bonchev–Trinajstić information content (AvgIpc) is 2.70. The van der Waals surface area contributed by atoms with Gasteiger partial charge in [-0.3, -0.25) is 0 Å². The van der Waals surface area contributed by atoms with Crippen LogP contribution in [0.5, 0.6) is 0 Å². The van der Waals surface area contributed by atoms with Crippen LogP contribution in [0.15, 0.2) is 24.3 Å². The highest BCUT2D eigenvalue weighted by molar-refractivity contribution is 5.55. The maximum atomic E-state index is 2.52. The summed E-state index contributed by atoms with van der Waals surface area (Å²) >= 11 is 0. The van der Waals surface area contributed by atoms with Crippen molar-refractivity contribution < 1.29 is 0 Å². The van der Waals surface area contributed by atoms with Gasteiger partial charge in [0.25, 0.3) is 0 Å². The van der Waals surface area contributed by atoms with Gasteiger partial charge < -0.3 is 4.90 Å². The molecule has 1 heterocycles. The number of hydrogen-bond donors (Lipinski definition) is 0. The highest BCUT2D eigenvalue weighted by atomic mass is 15.1. The van der Waals surface area contributed by atoms with E-state index in [0.717, 1.165) is 0 Å². The normalized spacial score (nSPS) is 16.6. The van der Waals surface area contributed by atoms with Crippen molar-refractivity contribution in [2.45, 2.75) is 32.6 Å². The van der Waals surface area contributed by atoms with Crippen LogP contribution in [0.3, 0.4) is 0 Å². The Morgan fingerprint density at radius 3 is 2.36 bits per heavy atom. The van der Waals surface area contributed by atoms with E-state index in [4.69, 9.17) is 0 Å². The molecule has 0 spiro atoms. The Kier molecular flexibility index (Phi) is 2.76. The van der Waals surface area contributed by atoms with Crippen LogP contribution in [0.4, 0.5) is 5.69 Å². The van der Waals surface area contributed by atoms with Crippen LogP contribution < -0.4 is 4.90 Å². The Labute approximate surface area is 86.7 Å². The van der Waals surface area contributed by atoms with E-state index in [1.54, 1.807) is 0 Å². The van der Waals surface area contributed by atoms with Gasteiger partial charge in [0.15, 0.2) is 0 Å². The van der Waals surface area contributed by atoms with Gasteiger partial charge in [0, 0.05) is 18.8 Å². The van der Waals surface area contributed by atoms with E-state index < -0.39 is 0 Å². The summed E-state index contributed by atoms with van der Waals surface area (Å²) in [6.45, 7) is 7.03. The summed E-state index contributed by atoms with van der Waals surface area (Å²) in [6, 6.07) is 8.83. The smallest absolute Gasteiger partial charge is 0.0401 e. The fourth-order valence-corrected chi connectivity index (χ4v) is 2.22. The standard InChI is InChI=1S/C13H19N/c1-11(2)12-7-3-4-8-13(12)14-9-5-6-10-14/h3-4,7-8,11H,5-6,9-10H2,1-2H3. The summed E-state index contributed by atoms with van der Waals surface area (Å²) in [5, 5.41) is 0. The second-order valence-corrected chi connectivity index (χ2v) is 4.41. The molecule has 1 heteroatoms. The molecule has 0 saturated carbocycles. The van der Waals surface area contributed by atoms with Crippen molar-refractivity contribution in [1.82, 2.24) is 0 Å². The Morgan fingerprint density at radius 1 is 1.07 bits per heavy atom. The summed E-state index contributed by atoms with van der Waals surface area (Å²) in [7, 11) is 0. The number of nitrogens with zero attached hydrogens (tertiary/aromatic N) is 1. The Hall–Kier alpha value is -0.980.